The summed E-state index contributed by atoms with van der Waals surface area (Å²) in [6, 6.07) is 16.7. The van der Waals surface area contributed by atoms with E-state index in [4.69, 9.17) is 9.47 Å². The van der Waals surface area contributed by atoms with Gasteiger partial charge in [-0.25, -0.2) is 17.5 Å². The molecule has 2 atom stereocenters. The molecule has 1 aliphatic rings. The molecule has 31 heavy (non-hydrogen) atoms. The van der Waals surface area contributed by atoms with Crippen molar-refractivity contribution in [1.82, 2.24) is 9.21 Å². The van der Waals surface area contributed by atoms with Crippen molar-refractivity contribution in [3.05, 3.63) is 78.4 Å². The first-order valence-corrected chi connectivity index (χ1v) is 11.5. The monoisotopic (exact) mass is 444 g/mol. The predicted molar refractivity (Wildman–Crippen MR) is 119 cm³/mol. The summed E-state index contributed by atoms with van der Waals surface area (Å²) in [6.45, 7) is 4.21. The van der Waals surface area contributed by atoms with Crippen molar-refractivity contribution in [1.29, 1.82) is 0 Å². The van der Waals surface area contributed by atoms with Gasteiger partial charge < -0.3 is 14.4 Å². The summed E-state index contributed by atoms with van der Waals surface area (Å²) in [7, 11) is -0.550. The third-order valence-electron chi connectivity index (χ3n) is 5.46. The molecule has 1 aliphatic heterocycles. The zero-order valence-corrected chi connectivity index (χ0v) is 18.6. The summed E-state index contributed by atoms with van der Waals surface area (Å²) in [5.41, 5.74) is 1.73. The van der Waals surface area contributed by atoms with E-state index >= 15 is 0 Å². The largest absolute Gasteiger partial charge is 0.497 e. The zero-order valence-electron chi connectivity index (χ0n) is 17.8. The van der Waals surface area contributed by atoms with Crippen molar-refractivity contribution >= 4 is 16.1 Å². The zero-order chi connectivity index (χ0) is 22.4. The molecule has 1 amide bonds. The van der Waals surface area contributed by atoms with E-state index in [-0.39, 0.29) is 32.2 Å². The first-order valence-electron chi connectivity index (χ1n) is 10.0. The van der Waals surface area contributed by atoms with Crippen molar-refractivity contribution in [2.24, 2.45) is 0 Å². The second kappa shape index (κ2) is 9.98. The highest BCUT2D eigenvalue weighted by molar-refractivity contribution is 7.89. The van der Waals surface area contributed by atoms with Gasteiger partial charge in [-0.1, -0.05) is 55.1 Å². The fraction of sp³-hybridized carbons (Fsp3) is 0.348. The third-order valence-corrected chi connectivity index (χ3v) is 7.70. The van der Waals surface area contributed by atoms with Gasteiger partial charge in [0.2, 0.25) is 10.0 Å². The lowest BCUT2D eigenvalue weighted by Crippen LogP contribution is -2.40. The molecule has 0 N–H and O–H groups in total. The number of benzene rings is 2. The average molecular weight is 445 g/mol. The minimum Gasteiger partial charge on any atom is -0.497 e. The Hall–Kier alpha value is -2.84. The molecule has 1 heterocycles. The number of methoxy groups -OCH3 is 1. The van der Waals surface area contributed by atoms with E-state index in [0.29, 0.717) is 5.75 Å². The van der Waals surface area contributed by atoms with Gasteiger partial charge in [-0.15, -0.1) is 0 Å². The predicted octanol–water partition coefficient (Wildman–Crippen LogP) is 3.25. The van der Waals surface area contributed by atoms with Crippen LogP contribution < -0.4 is 4.74 Å². The van der Waals surface area contributed by atoms with Crippen LogP contribution in [0.5, 0.6) is 5.75 Å². The first kappa shape index (κ1) is 22.8. The molecule has 166 valence electrons. The number of carbonyl (C=O) groups is 1. The number of rotatable bonds is 8. The smallest absolute Gasteiger partial charge is 0.410 e. The number of amides is 1. The number of likely N-dealkylation sites (tertiary alicyclic amines) is 1. The van der Waals surface area contributed by atoms with Crippen LogP contribution in [0.3, 0.4) is 0 Å². The summed E-state index contributed by atoms with van der Waals surface area (Å²) in [5.74, 6) is 0.365. The number of hydrogen-bond acceptors (Lipinski definition) is 5. The highest BCUT2D eigenvalue weighted by Gasteiger charge is 2.45. The molecule has 0 saturated carbocycles. The van der Waals surface area contributed by atoms with Gasteiger partial charge in [-0.2, -0.15) is 0 Å². The van der Waals surface area contributed by atoms with Gasteiger partial charge in [0.15, 0.2) is 0 Å². The van der Waals surface area contributed by atoms with Crippen molar-refractivity contribution < 1.29 is 22.7 Å². The van der Waals surface area contributed by atoms with Gasteiger partial charge in [0.05, 0.1) is 7.11 Å². The number of ether oxygens (including phenoxy) is 2. The fourth-order valence-corrected chi connectivity index (χ4v) is 5.59. The van der Waals surface area contributed by atoms with Crippen LogP contribution >= 0.6 is 0 Å². The summed E-state index contributed by atoms with van der Waals surface area (Å²) in [4.78, 5) is 13.9. The number of nitrogens with zero attached hydrogens (tertiary/aromatic N) is 2. The maximum absolute atomic E-state index is 13.5. The Morgan fingerprint density at radius 1 is 1.16 bits per heavy atom. The molecule has 2 unspecified atom stereocenters. The van der Waals surface area contributed by atoms with Gasteiger partial charge in [0.1, 0.15) is 17.6 Å². The lowest BCUT2D eigenvalue weighted by atomic mass is 9.98. The van der Waals surface area contributed by atoms with Gasteiger partial charge >= 0.3 is 6.09 Å². The maximum atomic E-state index is 13.5. The molecule has 0 aliphatic carbocycles. The summed E-state index contributed by atoms with van der Waals surface area (Å²) < 4.78 is 38.7. The molecule has 0 radical (unpaired) electrons. The Morgan fingerprint density at radius 2 is 1.84 bits per heavy atom. The summed E-state index contributed by atoms with van der Waals surface area (Å²) >= 11 is 0. The summed E-state index contributed by atoms with van der Waals surface area (Å²) in [6.07, 6.45) is 0.954. The van der Waals surface area contributed by atoms with Crippen molar-refractivity contribution in [3.8, 4) is 5.75 Å². The Bertz CT molecular complexity index is 992. The molecule has 8 heteroatoms. The lowest BCUT2D eigenvalue weighted by molar-refractivity contribution is 0.121. The van der Waals surface area contributed by atoms with Crippen molar-refractivity contribution in [2.75, 3.05) is 33.9 Å². The SMILES string of the molecule is C=CCOC(=O)N1CC(c2ccccc2)C(S(=O)(=O)N(C)Cc2ccc(OC)cc2)C1. The second-order valence-electron chi connectivity index (χ2n) is 7.48. The Balaban J connectivity index is 1.83. The first-order chi connectivity index (χ1) is 14.9. The third kappa shape index (κ3) is 5.26. The minimum absolute atomic E-state index is 0.0742. The van der Waals surface area contributed by atoms with E-state index < -0.39 is 21.4 Å². The highest BCUT2D eigenvalue weighted by atomic mass is 32.2. The molecule has 0 bridgehead atoms. The molecule has 3 rings (SSSR count). The van der Waals surface area contributed by atoms with Crippen LogP contribution in [-0.2, 0) is 21.3 Å². The van der Waals surface area contributed by atoms with E-state index in [9.17, 15) is 13.2 Å². The van der Waals surface area contributed by atoms with Crippen molar-refractivity contribution in [3.63, 3.8) is 0 Å². The van der Waals surface area contributed by atoms with Crippen LogP contribution in [0.25, 0.3) is 0 Å². The van der Waals surface area contributed by atoms with Gasteiger partial charge in [-0.3, -0.25) is 0 Å². The van der Waals surface area contributed by atoms with Crippen LogP contribution in [0.4, 0.5) is 4.79 Å². The normalized spacial score (nSPS) is 18.7. The Morgan fingerprint density at radius 3 is 2.45 bits per heavy atom. The van der Waals surface area contributed by atoms with Crippen molar-refractivity contribution in [2.45, 2.75) is 17.7 Å². The van der Waals surface area contributed by atoms with Crippen LogP contribution in [0.15, 0.2) is 67.3 Å². The molecule has 2 aromatic carbocycles. The molecule has 0 aromatic heterocycles. The second-order valence-corrected chi connectivity index (χ2v) is 9.73. The van der Waals surface area contributed by atoms with Crippen LogP contribution in [0, 0.1) is 0 Å². The molecule has 7 nitrogen and oxygen atoms in total. The highest BCUT2D eigenvalue weighted by Crippen LogP contribution is 2.34. The standard InChI is InChI=1S/C23H28N2O5S/c1-4-14-30-23(26)25-16-21(19-8-6-5-7-9-19)22(17-25)31(27,28)24(2)15-18-10-12-20(29-3)13-11-18/h4-13,21-22H,1,14-17H2,2-3H3. The quantitative estimate of drug-likeness (QED) is 0.584. The average Bonchev–Trinajstić information content (AvgIpc) is 3.25. The molecular weight excluding hydrogens is 416 g/mol. The minimum atomic E-state index is -3.70. The number of hydrogen-bond donors (Lipinski definition) is 0. The lowest BCUT2D eigenvalue weighted by Gasteiger charge is -2.25. The molecular formula is C23H28N2O5S. The topological polar surface area (TPSA) is 76.2 Å². The van der Waals surface area contributed by atoms with Gasteiger partial charge in [0, 0.05) is 32.6 Å². The van der Waals surface area contributed by atoms with Gasteiger partial charge in [0.25, 0.3) is 0 Å². The van der Waals surface area contributed by atoms with Gasteiger partial charge in [-0.05, 0) is 23.3 Å². The van der Waals surface area contributed by atoms with Crippen LogP contribution in [0.1, 0.15) is 17.0 Å². The molecule has 0 spiro atoms. The summed E-state index contributed by atoms with van der Waals surface area (Å²) in [5, 5.41) is -0.769. The van der Waals surface area contributed by atoms with E-state index in [1.165, 1.54) is 15.3 Å². The van der Waals surface area contributed by atoms with Crippen LogP contribution in [0.2, 0.25) is 0 Å². The van der Waals surface area contributed by atoms with E-state index in [1.54, 1.807) is 26.3 Å². The van der Waals surface area contributed by atoms with E-state index in [1.807, 2.05) is 42.5 Å². The van der Waals surface area contributed by atoms with Crippen LogP contribution in [-0.4, -0.2) is 62.8 Å². The molecule has 1 saturated heterocycles. The molecule has 1 fully saturated rings. The fourth-order valence-electron chi connectivity index (χ4n) is 3.78. The number of carbonyl (C=O) groups excluding carboxylic acids is 1. The Kier molecular flexibility index (Phi) is 7.35. The van der Waals surface area contributed by atoms with E-state index in [0.717, 1.165) is 11.1 Å². The molecule has 2 aromatic rings. The number of sulfonamides is 1. The maximum Gasteiger partial charge on any atom is 0.410 e. The van der Waals surface area contributed by atoms with E-state index in [2.05, 4.69) is 6.58 Å². The Labute approximate surface area is 183 Å².